The molecular weight excluding hydrogens is 501 g/mol. The van der Waals surface area contributed by atoms with Gasteiger partial charge in [-0.15, -0.1) is 0 Å². The van der Waals surface area contributed by atoms with E-state index in [1.54, 1.807) is 24.3 Å². The summed E-state index contributed by atoms with van der Waals surface area (Å²) in [7, 11) is 0. The van der Waals surface area contributed by atoms with Crippen molar-refractivity contribution in [3.05, 3.63) is 66.1 Å². The number of aliphatic hydroxyl groups is 2. The van der Waals surface area contributed by atoms with E-state index in [1.807, 2.05) is 24.3 Å². The number of aliphatic carboxylic acids is 1. The number of carbonyl (C=O) groups excluding carboxylic acids is 1. The first-order valence-electron chi connectivity index (χ1n) is 13.0. The zero-order chi connectivity index (χ0) is 28.9. The molecule has 2 atom stereocenters. The summed E-state index contributed by atoms with van der Waals surface area (Å²) in [5, 5.41) is 31.6. The van der Waals surface area contributed by atoms with Gasteiger partial charge in [0.15, 0.2) is 0 Å². The number of carboxylic acids is 1. The van der Waals surface area contributed by atoms with Gasteiger partial charge in [0.1, 0.15) is 5.82 Å². The van der Waals surface area contributed by atoms with Crippen LogP contribution in [0, 0.1) is 5.82 Å². The number of hydrogen-bond acceptors (Lipinski definition) is 5. The number of para-hydroxylation sites is 1. The molecule has 9 nitrogen and oxygen atoms in total. The summed E-state index contributed by atoms with van der Waals surface area (Å²) in [6.07, 6.45) is 2.49. The van der Waals surface area contributed by atoms with Crippen LogP contribution in [-0.2, 0) is 4.79 Å². The highest BCUT2D eigenvalue weighted by Gasteiger charge is 2.19. The van der Waals surface area contributed by atoms with Crippen LogP contribution in [0.3, 0.4) is 0 Å². The third-order valence-corrected chi connectivity index (χ3v) is 5.95. The van der Waals surface area contributed by atoms with E-state index >= 15 is 0 Å². The molecule has 1 heterocycles. The Morgan fingerprint density at radius 1 is 1.10 bits per heavy atom. The van der Waals surface area contributed by atoms with Gasteiger partial charge in [0, 0.05) is 47.0 Å². The highest BCUT2D eigenvalue weighted by molar-refractivity contribution is 6.01. The average Bonchev–Trinajstić information content (AvgIpc) is 3.20. The lowest BCUT2D eigenvalue weighted by atomic mass is 10.0. The van der Waals surface area contributed by atoms with Crippen LogP contribution in [0.1, 0.15) is 51.3 Å². The lowest BCUT2D eigenvalue weighted by Gasteiger charge is -2.15. The number of fused-ring (bicyclic) bond motifs is 1. The van der Waals surface area contributed by atoms with E-state index in [1.165, 1.54) is 12.1 Å². The third-order valence-electron chi connectivity index (χ3n) is 5.95. The Hall–Kier alpha value is -3.73. The van der Waals surface area contributed by atoms with Crippen molar-refractivity contribution in [2.45, 2.75) is 57.8 Å². The molecule has 0 saturated heterocycles. The normalized spacial score (nSPS) is 12.8. The Labute approximate surface area is 228 Å². The van der Waals surface area contributed by atoms with Crippen LogP contribution < -0.4 is 27.3 Å². The van der Waals surface area contributed by atoms with Gasteiger partial charge in [0.05, 0.1) is 18.8 Å². The molecule has 0 aliphatic carbocycles. The van der Waals surface area contributed by atoms with Crippen molar-refractivity contribution in [3.63, 3.8) is 0 Å². The van der Waals surface area contributed by atoms with Crippen LogP contribution >= 0.6 is 0 Å². The molecule has 9 N–H and O–H groups in total. The summed E-state index contributed by atoms with van der Waals surface area (Å²) in [5.74, 6) is -1.40. The van der Waals surface area contributed by atoms with E-state index in [-0.39, 0.29) is 24.2 Å². The number of aliphatic hydroxyl groups excluding tert-OH is 2. The highest BCUT2D eigenvalue weighted by Crippen LogP contribution is 2.38. The lowest BCUT2D eigenvalue weighted by Crippen LogP contribution is -2.78. The van der Waals surface area contributed by atoms with Gasteiger partial charge in [0.2, 0.25) is 0 Å². The van der Waals surface area contributed by atoms with Gasteiger partial charge in [-0.25, -0.2) is 4.39 Å². The predicted octanol–water partition coefficient (Wildman–Crippen LogP) is 0.373. The minimum absolute atomic E-state index is 0.113. The fraction of sp³-hybridized carbons (Fsp3) is 0.379. The molecular formula is C29H40FN5O4. The van der Waals surface area contributed by atoms with Crippen LogP contribution in [0.5, 0.6) is 0 Å². The first kappa shape index (κ1) is 31.5. The zero-order valence-corrected chi connectivity index (χ0v) is 22.5. The largest absolute Gasteiger partial charge is 0.550 e. The standard InChI is InChI=1S/C24H26FNO4.C5H14N4/c1-15(2)26-21-6-4-3-5-20(21)24(16-7-9-17(25)10-8-16)22(26)12-11-18(27)13-19(28)14-23(29)30;6-3-1-2-4-9-5(7)8/h3-12,15,18-19,27-28H,13-14H2,1-2H3,(H,29,30);1-4,6H2,(H4,7,8,9)/b12-11+;/t18-,19-;/m0./s1. The molecule has 3 aromatic rings. The van der Waals surface area contributed by atoms with E-state index in [4.69, 9.17) is 17.2 Å². The molecule has 212 valence electrons. The number of rotatable bonds is 12. The van der Waals surface area contributed by atoms with Crippen molar-refractivity contribution in [2.24, 2.45) is 17.2 Å². The number of aromatic nitrogens is 1. The van der Waals surface area contributed by atoms with Crippen molar-refractivity contribution in [1.29, 1.82) is 0 Å². The number of guanidine groups is 1. The topological polar surface area (TPSA) is 178 Å². The molecule has 0 unspecified atom stereocenters. The molecule has 10 heteroatoms. The Morgan fingerprint density at radius 3 is 2.36 bits per heavy atom. The van der Waals surface area contributed by atoms with E-state index in [2.05, 4.69) is 23.4 Å². The average molecular weight is 542 g/mol. The summed E-state index contributed by atoms with van der Waals surface area (Å²) < 4.78 is 15.6. The number of unbranched alkanes of at least 4 members (excludes halogenated alkanes) is 1. The molecule has 2 aromatic carbocycles. The van der Waals surface area contributed by atoms with E-state index in [0.717, 1.165) is 53.7 Å². The highest BCUT2D eigenvalue weighted by atomic mass is 19.1. The number of nitrogens with zero attached hydrogens (tertiary/aromatic N) is 1. The first-order valence-corrected chi connectivity index (χ1v) is 13.0. The van der Waals surface area contributed by atoms with Crippen molar-refractivity contribution >= 4 is 28.9 Å². The maximum atomic E-state index is 13.5. The van der Waals surface area contributed by atoms with Gasteiger partial charge in [-0.3, -0.25) is 16.5 Å². The Kier molecular flexibility index (Phi) is 12.6. The second-order valence-corrected chi connectivity index (χ2v) is 9.52. The SMILES string of the molecule is CC(C)n1c(/C=C/[C@H](O)C[C@H](O)CC(=O)[O-])c(-c2ccc(F)cc2)c2ccccc21.NCCCC[NH+]=C(N)N. The molecule has 39 heavy (non-hydrogen) atoms. The molecule has 0 radical (unpaired) electrons. The summed E-state index contributed by atoms with van der Waals surface area (Å²) in [4.78, 5) is 13.4. The molecule has 0 amide bonds. The fourth-order valence-electron chi connectivity index (χ4n) is 4.26. The Balaban J connectivity index is 0.000000510. The number of carboxylic acid groups (broad SMARTS) is 1. The number of benzene rings is 2. The number of carbonyl (C=O) groups is 1. The predicted molar refractivity (Wildman–Crippen MR) is 151 cm³/mol. The number of nitrogens with one attached hydrogen (secondary N) is 1. The van der Waals surface area contributed by atoms with Crippen LogP contribution in [0.2, 0.25) is 0 Å². The van der Waals surface area contributed by atoms with Crippen molar-refractivity contribution in [2.75, 3.05) is 13.1 Å². The van der Waals surface area contributed by atoms with Gasteiger partial charge in [-0.1, -0.05) is 36.4 Å². The van der Waals surface area contributed by atoms with Gasteiger partial charge in [-0.2, -0.15) is 0 Å². The molecule has 0 saturated carbocycles. The van der Waals surface area contributed by atoms with Gasteiger partial charge < -0.3 is 30.4 Å². The van der Waals surface area contributed by atoms with Crippen LogP contribution in [0.15, 0.2) is 54.6 Å². The number of hydrogen-bond donors (Lipinski definition) is 6. The summed E-state index contributed by atoms with van der Waals surface area (Å²) >= 11 is 0. The molecule has 0 spiro atoms. The Bertz CT molecular complexity index is 1250. The number of halogens is 1. The Morgan fingerprint density at radius 2 is 1.77 bits per heavy atom. The number of nitrogens with two attached hydrogens (primary N) is 3. The summed E-state index contributed by atoms with van der Waals surface area (Å²) in [5.41, 5.74) is 19.1. The van der Waals surface area contributed by atoms with E-state index in [9.17, 15) is 24.5 Å². The van der Waals surface area contributed by atoms with Crippen LogP contribution in [0.4, 0.5) is 4.39 Å². The monoisotopic (exact) mass is 541 g/mol. The van der Waals surface area contributed by atoms with Crippen LogP contribution in [-0.4, -0.2) is 52.0 Å². The van der Waals surface area contributed by atoms with Gasteiger partial charge in [-0.05, 0) is 63.1 Å². The summed E-state index contributed by atoms with van der Waals surface area (Å²) in [6.45, 7) is 5.65. The van der Waals surface area contributed by atoms with E-state index < -0.39 is 24.6 Å². The smallest absolute Gasteiger partial charge is 0.338 e. The molecule has 0 aliphatic heterocycles. The second-order valence-electron chi connectivity index (χ2n) is 9.52. The quantitative estimate of drug-likeness (QED) is 0.109. The molecule has 0 fully saturated rings. The fourth-order valence-corrected chi connectivity index (χ4v) is 4.26. The zero-order valence-electron chi connectivity index (χ0n) is 22.5. The lowest BCUT2D eigenvalue weighted by molar-refractivity contribution is -0.459. The minimum Gasteiger partial charge on any atom is -0.550 e. The molecule has 0 bridgehead atoms. The minimum atomic E-state index is -1.36. The second kappa shape index (κ2) is 15.6. The maximum absolute atomic E-state index is 13.5. The van der Waals surface area contributed by atoms with Crippen molar-refractivity contribution in [3.8, 4) is 11.1 Å². The third kappa shape index (κ3) is 9.82. The van der Waals surface area contributed by atoms with Crippen molar-refractivity contribution < 1.29 is 29.5 Å². The summed E-state index contributed by atoms with van der Waals surface area (Å²) in [6, 6.07) is 14.3. The van der Waals surface area contributed by atoms with E-state index in [0.29, 0.717) is 0 Å². The van der Waals surface area contributed by atoms with Crippen LogP contribution in [0.25, 0.3) is 28.1 Å². The van der Waals surface area contributed by atoms with Gasteiger partial charge in [0.25, 0.3) is 0 Å². The molecule has 0 aliphatic rings. The maximum Gasteiger partial charge on any atom is 0.338 e. The van der Waals surface area contributed by atoms with Crippen molar-refractivity contribution in [1.82, 2.24) is 4.57 Å². The first-order chi connectivity index (χ1) is 18.5. The molecule has 3 rings (SSSR count). The molecule has 1 aromatic heterocycles. The van der Waals surface area contributed by atoms with Gasteiger partial charge >= 0.3 is 5.96 Å².